The van der Waals surface area contributed by atoms with Crippen LogP contribution in [0.4, 0.5) is 0 Å². The van der Waals surface area contributed by atoms with Gasteiger partial charge in [-0.25, -0.2) is 4.79 Å². The molecule has 0 radical (unpaired) electrons. The van der Waals surface area contributed by atoms with Crippen molar-refractivity contribution in [3.63, 3.8) is 0 Å². The Bertz CT molecular complexity index is 717. The molecule has 0 unspecified atom stereocenters. The zero-order valence-electron chi connectivity index (χ0n) is 13.2. The Morgan fingerprint density at radius 3 is 2.04 bits per heavy atom. The molecule has 0 saturated heterocycles. The highest BCUT2D eigenvalue weighted by Crippen LogP contribution is 2.29. The summed E-state index contributed by atoms with van der Waals surface area (Å²) >= 11 is 0. The van der Waals surface area contributed by atoms with Gasteiger partial charge >= 0.3 is 5.97 Å². The van der Waals surface area contributed by atoms with Crippen LogP contribution in [0.15, 0.2) is 42.5 Å². The molecule has 0 fully saturated rings. The molecule has 0 spiro atoms. The van der Waals surface area contributed by atoms with E-state index in [4.69, 9.17) is 14.2 Å². The predicted molar refractivity (Wildman–Crippen MR) is 88.0 cm³/mol. The highest BCUT2D eigenvalue weighted by molar-refractivity contribution is 6.20. The highest BCUT2D eigenvalue weighted by Gasteiger charge is 2.13. The van der Waals surface area contributed by atoms with Crippen molar-refractivity contribution in [2.75, 3.05) is 21.3 Å². The van der Waals surface area contributed by atoms with Crippen LogP contribution >= 0.6 is 0 Å². The second-order valence-corrected chi connectivity index (χ2v) is 4.70. The van der Waals surface area contributed by atoms with Gasteiger partial charge in [0.25, 0.3) is 0 Å². The number of carboxylic acid groups (broad SMARTS) is 1. The van der Waals surface area contributed by atoms with Gasteiger partial charge in [0, 0.05) is 5.56 Å². The Labute approximate surface area is 134 Å². The molecular weight excluding hydrogens is 296 g/mol. The predicted octanol–water partition coefficient (Wildman–Crippen LogP) is 3.34. The molecule has 5 nitrogen and oxygen atoms in total. The SMILES string of the molecule is COc1ccc(C(=Cc2cc(OC)ccc2OC)C(=O)O)cc1. The summed E-state index contributed by atoms with van der Waals surface area (Å²) in [7, 11) is 4.65. The third kappa shape index (κ3) is 3.83. The Morgan fingerprint density at radius 1 is 0.913 bits per heavy atom. The van der Waals surface area contributed by atoms with Crippen LogP contribution in [0, 0.1) is 0 Å². The highest BCUT2D eigenvalue weighted by atomic mass is 16.5. The van der Waals surface area contributed by atoms with Crippen LogP contribution in [-0.2, 0) is 4.79 Å². The largest absolute Gasteiger partial charge is 0.497 e. The zero-order chi connectivity index (χ0) is 16.8. The number of aliphatic carboxylic acids is 1. The summed E-state index contributed by atoms with van der Waals surface area (Å²) in [5.41, 5.74) is 1.35. The molecule has 5 heteroatoms. The first kappa shape index (κ1) is 16.4. The van der Waals surface area contributed by atoms with E-state index < -0.39 is 5.97 Å². The maximum Gasteiger partial charge on any atom is 0.336 e. The molecule has 0 saturated carbocycles. The van der Waals surface area contributed by atoms with Gasteiger partial charge in [-0.3, -0.25) is 0 Å². The quantitative estimate of drug-likeness (QED) is 0.654. The summed E-state index contributed by atoms with van der Waals surface area (Å²) in [6, 6.07) is 12.0. The minimum Gasteiger partial charge on any atom is -0.497 e. The first-order valence-corrected chi connectivity index (χ1v) is 6.90. The maximum absolute atomic E-state index is 11.6. The van der Waals surface area contributed by atoms with E-state index in [1.807, 2.05) is 0 Å². The number of ether oxygens (including phenoxy) is 3. The summed E-state index contributed by atoms with van der Waals surface area (Å²) in [6.45, 7) is 0. The van der Waals surface area contributed by atoms with E-state index in [2.05, 4.69) is 0 Å². The molecule has 2 aromatic carbocycles. The van der Waals surface area contributed by atoms with Crippen molar-refractivity contribution in [2.45, 2.75) is 0 Å². The van der Waals surface area contributed by atoms with Crippen molar-refractivity contribution >= 4 is 17.6 Å². The molecule has 2 aromatic rings. The minimum absolute atomic E-state index is 0.152. The standard InChI is InChI=1S/C18H18O5/c1-21-14-6-4-12(5-7-14)16(18(19)20)11-13-10-15(22-2)8-9-17(13)23-3/h4-11H,1-3H3,(H,19,20). The van der Waals surface area contributed by atoms with E-state index in [9.17, 15) is 9.90 Å². The smallest absolute Gasteiger partial charge is 0.336 e. The van der Waals surface area contributed by atoms with Crippen LogP contribution in [0.25, 0.3) is 11.6 Å². The summed E-state index contributed by atoms with van der Waals surface area (Å²) in [5, 5.41) is 9.53. The topological polar surface area (TPSA) is 65.0 Å². The van der Waals surface area contributed by atoms with Crippen molar-refractivity contribution in [2.24, 2.45) is 0 Å². The van der Waals surface area contributed by atoms with Gasteiger partial charge in [0.2, 0.25) is 0 Å². The number of carbonyl (C=O) groups is 1. The first-order valence-electron chi connectivity index (χ1n) is 6.90. The van der Waals surface area contributed by atoms with E-state index in [1.54, 1.807) is 62.8 Å². The van der Waals surface area contributed by atoms with Crippen LogP contribution in [0.5, 0.6) is 17.2 Å². The summed E-state index contributed by atoms with van der Waals surface area (Å²) in [5.74, 6) is 0.826. The lowest BCUT2D eigenvalue weighted by atomic mass is 10.0. The van der Waals surface area contributed by atoms with Gasteiger partial charge in [-0.2, -0.15) is 0 Å². The Hall–Kier alpha value is -2.95. The van der Waals surface area contributed by atoms with Crippen LogP contribution in [0.1, 0.15) is 11.1 Å². The zero-order valence-corrected chi connectivity index (χ0v) is 13.2. The number of rotatable bonds is 6. The Kier molecular flexibility index (Phi) is 5.25. The van der Waals surface area contributed by atoms with E-state index >= 15 is 0 Å². The average Bonchev–Trinajstić information content (AvgIpc) is 2.59. The fraction of sp³-hybridized carbons (Fsp3) is 0.167. The number of hydrogen-bond acceptors (Lipinski definition) is 4. The van der Waals surface area contributed by atoms with Gasteiger partial charge in [0.05, 0.1) is 26.9 Å². The van der Waals surface area contributed by atoms with Gasteiger partial charge in [-0.05, 0) is 42.0 Å². The summed E-state index contributed by atoms with van der Waals surface area (Å²) in [4.78, 5) is 11.6. The summed E-state index contributed by atoms with van der Waals surface area (Å²) in [6.07, 6.45) is 1.56. The molecule has 0 aliphatic carbocycles. The minimum atomic E-state index is -1.03. The van der Waals surface area contributed by atoms with E-state index in [1.165, 1.54) is 7.11 Å². The molecule has 1 N–H and O–H groups in total. The van der Waals surface area contributed by atoms with Crippen molar-refractivity contribution in [1.29, 1.82) is 0 Å². The lowest BCUT2D eigenvalue weighted by Crippen LogP contribution is -2.00. The monoisotopic (exact) mass is 314 g/mol. The molecular formula is C18H18O5. The molecule has 0 atom stereocenters. The van der Waals surface area contributed by atoms with Crippen LogP contribution < -0.4 is 14.2 Å². The normalized spacial score (nSPS) is 11.0. The van der Waals surface area contributed by atoms with Crippen LogP contribution in [0.2, 0.25) is 0 Å². The first-order chi connectivity index (χ1) is 11.1. The number of hydrogen-bond donors (Lipinski definition) is 1. The van der Waals surface area contributed by atoms with E-state index in [0.717, 1.165) is 0 Å². The Morgan fingerprint density at radius 2 is 1.52 bits per heavy atom. The van der Waals surface area contributed by atoms with Gasteiger partial charge < -0.3 is 19.3 Å². The van der Waals surface area contributed by atoms with Crippen LogP contribution in [-0.4, -0.2) is 32.4 Å². The summed E-state index contributed by atoms with van der Waals surface area (Å²) < 4.78 is 15.6. The fourth-order valence-electron chi connectivity index (χ4n) is 2.15. The van der Waals surface area contributed by atoms with Gasteiger partial charge in [-0.15, -0.1) is 0 Å². The van der Waals surface area contributed by atoms with Crippen molar-refractivity contribution in [3.8, 4) is 17.2 Å². The van der Waals surface area contributed by atoms with E-state index in [-0.39, 0.29) is 5.57 Å². The third-order valence-electron chi connectivity index (χ3n) is 3.37. The lowest BCUT2D eigenvalue weighted by Gasteiger charge is -2.09. The molecule has 0 aromatic heterocycles. The molecule has 23 heavy (non-hydrogen) atoms. The number of methoxy groups -OCH3 is 3. The van der Waals surface area contributed by atoms with Gasteiger partial charge in [0.1, 0.15) is 17.2 Å². The fourth-order valence-corrected chi connectivity index (χ4v) is 2.15. The van der Waals surface area contributed by atoms with Crippen LogP contribution in [0.3, 0.4) is 0 Å². The second-order valence-electron chi connectivity index (χ2n) is 4.70. The molecule has 0 heterocycles. The average molecular weight is 314 g/mol. The molecule has 0 aliphatic rings. The number of carboxylic acids is 1. The van der Waals surface area contributed by atoms with Crippen molar-refractivity contribution in [3.05, 3.63) is 53.6 Å². The Balaban J connectivity index is 2.52. The second kappa shape index (κ2) is 7.35. The lowest BCUT2D eigenvalue weighted by molar-refractivity contribution is -0.130. The molecule has 0 amide bonds. The van der Waals surface area contributed by atoms with Gasteiger partial charge in [-0.1, -0.05) is 12.1 Å². The van der Waals surface area contributed by atoms with Gasteiger partial charge in [0.15, 0.2) is 0 Å². The maximum atomic E-state index is 11.6. The van der Waals surface area contributed by atoms with Crippen molar-refractivity contribution < 1.29 is 24.1 Å². The van der Waals surface area contributed by atoms with Crippen molar-refractivity contribution in [1.82, 2.24) is 0 Å². The number of benzene rings is 2. The molecule has 120 valence electrons. The molecule has 0 bridgehead atoms. The van der Waals surface area contributed by atoms with E-state index in [0.29, 0.717) is 28.4 Å². The molecule has 0 aliphatic heterocycles. The third-order valence-corrected chi connectivity index (χ3v) is 3.37. The molecule has 2 rings (SSSR count).